The molecule has 1 aromatic carbocycles. The molecule has 1 heterocycles. The van der Waals surface area contributed by atoms with E-state index in [9.17, 15) is 5.11 Å². The van der Waals surface area contributed by atoms with Crippen LogP contribution in [0.15, 0.2) is 18.2 Å². The molecule has 108 valence electrons. The third-order valence-corrected chi connectivity index (χ3v) is 3.44. The molecule has 0 aliphatic heterocycles. The Labute approximate surface area is 121 Å². The summed E-state index contributed by atoms with van der Waals surface area (Å²) in [4.78, 5) is 4.34. The predicted molar refractivity (Wildman–Crippen MR) is 77.5 cm³/mol. The van der Waals surface area contributed by atoms with Crippen molar-refractivity contribution in [1.82, 2.24) is 9.36 Å². The number of ether oxygens (including phenoxy) is 2. The number of hydrogen-bond donors (Lipinski definition) is 2. The molecule has 0 aliphatic carbocycles. The highest BCUT2D eigenvalue weighted by Crippen LogP contribution is 2.29. The summed E-state index contributed by atoms with van der Waals surface area (Å²) < 4.78 is 14.3. The normalized spacial score (nSPS) is 10.5. The molecule has 1 aromatic heterocycles. The van der Waals surface area contributed by atoms with Gasteiger partial charge in [0.25, 0.3) is 0 Å². The van der Waals surface area contributed by atoms with E-state index in [1.54, 1.807) is 13.2 Å². The highest BCUT2D eigenvalue weighted by atomic mass is 32.1. The summed E-state index contributed by atoms with van der Waals surface area (Å²) in [5, 5.41) is 13.8. The molecular weight excluding hydrogens is 278 g/mol. The number of nitrogens with one attached hydrogen (secondary N) is 1. The summed E-state index contributed by atoms with van der Waals surface area (Å²) in [7, 11) is 3.18. The Hall–Kier alpha value is -1.86. The largest absolute Gasteiger partial charge is 0.504 e. The van der Waals surface area contributed by atoms with Gasteiger partial charge in [-0.2, -0.15) is 4.37 Å². The molecule has 7 heteroatoms. The first kappa shape index (κ1) is 14.5. The zero-order valence-electron chi connectivity index (χ0n) is 11.4. The molecular formula is C13H17N3O3S. The molecule has 0 saturated carbocycles. The van der Waals surface area contributed by atoms with Crippen molar-refractivity contribution in [3.8, 4) is 11.5 Å². The van der Waals surface area contributed by atoms with Crippen molar-refractivity contribution in [2.45, 2.75) is 13.0 Å². The lowest BCUT2D eigenvalue weighted by molar-refractivity contribution is 0.201. The molecule has 6 nitrogen and oxygen atoms in total. The maximum atomic E-state index is 9.97. The monoisotopic (exact) mass is 295 g/mol. The van der Waals surface area contributed by atoms with Gasteiger partial charge < -0.3 is 19.9 Å². The van der Waals surface area contributed by atoms with Gasteiger partial charge in [-0.05, 0) is 6.07 Å². The van der Waals surface area contributed by atoms with Crippen molar-refractivity contribution in [2.75, 3.05) is 26.1 Å². The Bertz CT molecular complexity index is 560. The second-order valence-corrected chi connectivity index (χ2v) is 4.83. The fourth-order valence-corrected chi connectivity index (χ4v) is 2.27. The van der Waals surface area contributed by atoms with Crippen LogP contribution < -0.4 is 10.1 Å². The molecule has 0 bridgehead atoms. The summed E-state index contributed by atoms with van der Waals surface area (Å²) in [5.41, 5.74) is 0.748. The quantitative estimate of drug-likeness (QED) is 0.814. The van der Waals surface area contributed by atoms with Crippen molar-refractivity contribution in [1.29, 1.82) is 0 Å². The highest BCUT2D eigenvalue weighted by molar-refractivity contribution is 7.09. The highest BCUT2D eigenvalue weighted by Gasteiger charge is 2.08. The number of anilines is 1. The molecule has 0 radical (unpaired) electrons. The molecule has 2 rings (SSSR count). The summed E-state index contributed by atoms with van der Waals surface area (Å²) >= 11 is 1.29. The van der Waals surface area contributed by atoms with Crippen LogP contribution in [0.1, 0.15) is 11.4 Å². The zero-order valence-corrected chi connectivity index (χ0v) is 12.2. The number of para-hydroxylation sites is 1. The van der Waals surface area contributed by atoms with Gasteiger partial charge in [-0.15, -0.1) is 0 Å². The molecule has 0 amide bonds. The van der Waals surface area contributed by atoms with Gasteiger partial charge in [-0.1, -0.05) is 12.1 Å². The maximum absolute atomic E-state index is 9.97. The number of phenolic OH excluding ortho intramolecular Hbond substituents is 1. The minimum atomic E-state index is 0.145. The first-order valence-electron chi connectivity index (χ1n) is 6.15. The third-order valence-electron chi connectivity index (χ3n) is 2.73. The summed E-state index contributed by atoms with van der Waals surface area (Å²) in [6.45, 7) is 1.06. The van der Waals surface area contributed by atoms with Gasteiger partial charge in [0.1, 0.15) is 5.82 Å². The van der Waals surface area contributed by atoms with E-state index in [1.165, 1.54) is 18.6 Å². The summed E-state index contributed by atoms with van der Waals surface area (Å²) in [6, 6.07) is 5.38. The second kappa shape index (κ2) is 7.06. The molecule has 0 aliphatic rings. The summed E-state index contributed by atoms with van der Waals surface area (Å²) in [6.07, 6.45) is 0.694. The van der Waals surface area contributed by atoms with Gasteiger partial charge in [0, 0.05) is 37.2 Å². The SMILES string of the molecule is COCCc1nsc(NCc2cccc(OC)c2O)n1. The van der Waals surface area contributed by atoms with Crippen molar-refractivity contribution in [3.63, 3.8) is 0 Å². The fraction of sp³-hybridized carbons (Fsp3) is 0.385. The smallest absolute Gasteiger partial charge is 0.202 e. The van der Waals surface area contributed by atoms with Gasteiger partial charge in [0.15, 0.2) is 11.5 Å². The third kappa shape index (κ3) is 3.58. The number of rotatable bonds is 7. The lowest BCUT2D eigenvalue weighted by atomic mass is 10.2. The van der Waals surface area contributed by atoms with Gasteiger partial charge in [0.2, 0.25) is 5.13 Å². The first-order valence-corrected chi connectivity index (χ1v) is 6.92. The van der Waals surface area contributed by atoms with Crippen molar-refractivity contribution in [3.05, 3.63) is 29.6 Å². The molecule has 0 fully saturated rings. The van der Waals surface area contributed by atoms with E-state index < -0.39 is 0 Å². The molecule has 2 aromatic rings. The molecule has 0 atom stereocenters. The Balaban J connectivity index is 1.96. The minimum Gasteiger partial charge on any atom is -0.504 e. The zero-order chi connectivity index (χ0) is 14.4. The number of benzene rings is 1. The van der Waals surface area contributed by atoms with Crippen LogP contribution in [0.5, 0.6) is 11.5 Å². The molecule has 0 unspecified atom stereocenters. The van der Waals surface area contributed by atoms with E-state index in [0.717, 1.165) is 16.5 Å². The molecule has 0 saturated heterocycles. The van der Waals surface area contributed by atoms with E-state index in [0.29, 0.717) is 25.3 Å². The second-order valence-electron chi connectivity index (χ2n) is 4.08. The number of methoxy groups -OCH3 is 2. The average molecular weight is 295 g/mol. The number of aromatic hydroxyl groups is 1. The van der Waals surface area contributed by atoms with Crippen LogP contribution in [0, 0.1) is 0 Å². The van der Waals surface area contributed by atoms with E-state index in [4.69, 9.17) is 9.47 Å². The Morgan fingerprint density at radius 2 is 2.20 bits per heavy atom. The van der Waals surface area contributed by atoms with Gasteiger partial charge in [-0.25, -0.2) is 4.98 Å². The molecule has 20 heavy (non-hydrogen) atoms. The van der Waals surface area contributed by atoms with Crippen molar-refractivity contribution < 1.29 is 14.6 Å². The van der Waals surface area contributed by atoms with E-state index >= 15 is 0 Å². The van der Waals surface area contributed by atoms with Crippen LogP contribution in [0.2, 0.25) is 0 Å². The molecule has 0 spiro atoms. The van der Waals surface area contributed by atoms with E-state index in [2.05, 4.69) is 14.7 Å². The number of nitrogens with zero attached hydrogens (tertiary/aromatic N) is 2. The van der Waals surface area contributed by atoms with Crippen molar-refractivity contribution in [2.24, 2.45) is 0 Å². The summed E-state index contributed by atoms with van der Waals surface area (Å²) in [5.74, 6) is 1.36. The average Bonchev–Trinajstić information content (AvgIpc) is 2.92. The first-order chi connectivity index (χ1) is 9.74. The van der Waals surface area contributed by atoms with Crippen molar-refractivity contribution >= 4 is 16.7 Å². The number of phenols is 1. The topological polar surface area (TPSA) is 76.5 Å². The Kier molecular flexibility index (Phi) is 5.14. The van der Waals surface area contributed by atoms with Crippen LogP contribution in [0.4, 0.5) is 5.13 Å². The van der Waals surface area contributed by atoms with E-state index in [-0.39, 0.29) is 5.75 Å². The Morgan fingerprint density at radius 1 is 1.35 bits per heavy atom. The molecule has 2 N–H and O–H groups in total. The Morgan fingerprint density at radius 3 is 2.95 bits per heavy atom. The van der Waals surface area contributed by atoms with Crippen LogP contribution in [0.25, 0.3) is 0 Å². The van der Waals surface area contributed by atoms with Gasteiger partial charge >= 0.3 is 0 Å². The van der Waals surface area contributed by atoms with Crippen LogP contribution in [-0.2, 0) is 17.7 Å². The van der Waals surface area contributed by atoms with Crippen LogP contribution in [0.3, 0.4) is 0 Å². The lowest BCUT2D eigenvalue weighted by Gasteiger charge is -2.08. The lowest BCUT2D eigenvalue weighted by Crippen LogP contribution is -2.01. The maximum Gasteiger partial charge on any atom is 0.202 e. The van der Waals surface area contributed by atoms with Crippen LogP contribution in [-0.4, -0.2) is 35.3 Å². The van der Waals surface area contributed by atoms with Gasteiger partial charge in [0.05, 0.1) is 13.7 Å². The van der Waals surface area contributed by atoms with E-state index in [1.807, 2.05) is 12.1 Å². The minimum absolute atomic E-state index is 0.145. The number of aromatic nitrogens is 2. The standard InChI is InChI=1S/C13H17N3O3S/c1-18-7-6-11-15-13(20-16-11)14-8-9-4-3-5-10(19-2)12(9)17/h3-5,17H,6-8H2,1-2H3,(H,14,15,16). The predicted octanol–water partition coefficient (Wildman–Crippen LogP) is 2.05. The number of hydrogen-bond acceptors (Lipinski definition) is 7. The van der Waals surface area contributed by atoms with Gasteiger partial charge in [-0.3, -0.25) is 0 Å². The van der Waals surface area contributed by atoms with Crippen LogP contribution >= 0.6 is 11.5 Å². The fourth-order valence-electron chi connectivity index (χ4n) is 1.67.